The largest absolute Gasteiger partial charge is 0.392 e. The van der Waals surface area contributed by atoms with Crippen molar-refractivity contribution in [2.75, 3.05) is 0 Å². The number of amides is 1. The SMILES string of the molecule is CC[C@]12CCCCc3ccc4c(c3)C(CCCC(=O)c3ccc5c(c3)[C@@H](CC5(F)F)N(C(=N)N1)C(=O)C2)[C@@H](O)C41CC1. The van der Waals surface area contributed by atoms with Gasteiger partial charge in [-0.05, 0) is 79.7 Å². The normalized spacial score (nSPS) is 31.4. The van der Waals surface area contributed by atoms with Gasteiger partial charge >= 0.3 is 0 Å². The van der Waals surface area contributed by atoms with Crippen molar-refractivity contribution in [3.8, 4) is 0 Å². The summed E-state index contributed by atoms with van der Waals surface area (Å²) in [6, 6.07) is 9.98. The minimum atomic E-state index is -3.15. The average Bonchev–Trinajstić information content (AvgIpc) is 3.68. The fraction of sp³-hybridized carbons (Fsp3) is 0.559. The highest BCUT2D eigenvalue weighted by Gasteiger charge is 2.58. The van der Waals surface area contributed by atoms with Crippen LogP contribution in [0.2, 0.25) is 0 Å². The molecule has 3 aliphatic heterocycles. The molecule has 6 bridgehead atoms. The molecule has 2 aromatic rings. The molecule has 0 radical (unpaired) electrons. The summed E-state index contributed by atoms with van der Waals surface area (Å²) in [6.45, 7) is 2.00. The molecule has 2 aromatic carbocycles. The number of Topliss-reactive ketones (excluding diaryl/α,β-unsaturated/α-hetero) is 1. The topological polar surface area (TPSA) is 93.5 Å². The molecule has 4 atom stereocenters. The number of rotatable bonds is 1. The van der Waals surface area contributed by atoms with Gasteiger partial charge in [0.05, 0.1) is 18.6 Å². The molecule has 8 rings (SSSR count). The monoisotopic (exact) mass is 575 g/mol. The first-order valence-electron chi connectivity index (χ1n) is 15.6. The lowest BCUT2D eigenvalue weighted by atomic mass is 9.83. The predicted octanol–water partition coefficient (Wildman–Crippen LogP) is 6.40. The number of ketones is 1. The third kappa shape index (κ3) is 4.23. The van der Waals surface area contributed by atoms with Crippen LogP contribution in [-0.2, 0) is 22.6 Å². The van der Waals surface area contributed by atoms with E-state index in [1.807, 2.05) is 6.92 Å². The van der Waals surface area contributed by atoms with E-state index in [9.17, 15) is 14.7 Å². The Morgan fingerprint density at radius 1 is 1.00 bits per heavy atom. The summed E-state index contributed by atoms with van der Waals surface area (Å²) in [5, 5.41) is 23.4. The summed E-state index contributed by atoms with van der Waals surface area (Å²) >= 11 is 0. The zero-order valence-electron chi connectivity index (χ0n) is 24.1. The van der Waals surface area contributed by atoms with Gasteiger partial charge in [-0.15, -0.1) is 0 Å². The summed E-state index contributed by atoms with van der Waals surface area (Å²) in [5.74, 6) is -3.74. The van der Waals surface area contributed by atoms with E-state index in [4.69, 9.17) is 5.41 Å². The lowest BCUT2D eigenvalue weighted by Crippen LogP contribution is -2.62. The Morgan fingerprint density at radius 2 is 1.79 bits per heavy atom. The van der Waals surface area contributed by atoms with Gasteiger partial charge in [0, 0.05) is 40.8 Å². The average molecular weight is 576 g/mol. The third-order valence-corrected chi connectivity index (χ3v) is 11.0. The molecule has 0 aromatic heterocycles. The van der Waals surface area contributed by atoms with Crippen LogP contribution in [0.1, 0.15) is 128 Å². The molecule has 1 spiro atoms. The molecule has 3 aliphatic carbocycles. The zero-order valence-corrected chi connectivity index (χ0v) is 24.1. The van der Waals surface area contributed by atoms with Gasteiger partial charge in [0.15, 0.2) is 11.7 Å². The Hall–Kier alpha value is -3.13. The molecule has 1 unspecified atom stereocenters. The molecule has 1 saturated carbocycles. The van der Waals surface area contributed by atoms with Crippen molar-refractivity contribution in [3.05, 3.63) is 69.8 Å². The number of alkyl halides is 2. The van der Waals surface area contributed by atoms with Crippen LogP contribution in [0.25, 0.3) is 0 Å². The number of carbonyl (C=O) groups is 2. The molecule has 222 valence electrons. The Balaban J connectivity index is 1.24. The fourth-order valence-electron chi connectivity index (χ4n) is 8.44. The molecule has 6 nitrogen and oxygen atoms in total. The summed E-state index contributed by atoms with van der Waals surface area (Å²) < 4.78 is 30.4. The second kappa shape index (κ2) is 9.69. The minimum Gasteiger partial charge on any atom is -0.392 e. The molecular weight excluding hydrogens is 536 g/mol. The van der Waals surface area contributed by atoms with Crippen molar-refractivity contribution in [3.63, 3.8) is 0 Å². The Kier molecular flexibility index (Phi) is 6.39. The van der Waals surface area contributed by atoms with Crippen LogP contribution in [0.15, 0.2) is 36.4 Å². The van der Waals surface area contributed by atoms with Gasteiger partial charge in [-0.25, -0.2) is 8.78 Å². The number of carbonyl (C=O) groups excluding carboxylic acids is 2. The highest BCUT2D eigenvalue weighted by molar-refractivity contribution is 6.00. The van der Waals surface area contributed by atoms with E-state index < -0.39 is 30.0 Å². The standard InChI is InChI=1S/C34H39F2N3O3/c1-2-32-13-4-3-6-20-9-11-25-23(16-20)22(30(42)33(25)14-15-33)7-5-8-28(40)21-10-12-26-24(17-21)27(18-34(26,35)36)39(29(41)19-32)31(37)38-32/h9-12,16-17,22,27,30,42H,2-8,13-15,18-19H2,1H3,(H2,37,38)/t22?,27-,30-,32-/m1/s1. The van der Waals surface area contributed by atoms with Gasteiger partial charge in [-0.2, -0.15) is 0 Å². The van der Waals surface area contributed by atoms with Gasteiger partial charge in [-0.3, -0.25) is 19.9 Å². The zero-order chi connectivity index (χ0) is 29.4. The number of benzene rings is 2. The number of aryl methyl sites for hydroxylation is 1. The first-order valence-corrected chi connectivity index (χ1v) is 15.6. The van der Waals surface area contributed by atoms with Crippen LogP contribution < -0.4 is 5.32 Å². The van der Waals surface area contributed by atoms with E-state index in [1.54, 1.807) is 0 Å². The van der Waals surface area contributed by atoms with E-state index in [0.717, 1.165) is 32.1 Å². The molecule has 3 N–H and O–H groups in total. The van der Waals surface area contributed by atoms with Crippen LogP contribution in [0.4, 0.5) is 8.78 Å². The number of guanidine groups is 1. The molecular formula is C34H39F2N3O3. The number of halogens is 2. The predicted molar refractivity (Wildman–Crippen MR) is 155 cm³/mol. The summed E-state index contributed by atoms with van der Waals surface area (Å²) in [6.07, 6.45) is 6.65. The van der Waals surface area contributed by atoms with E-state index in [-0.39, 0.29) is 53.0 Å². The van der Waals surface area contributed by atoms with E-state index in [2.05, 4.69) is 23.5 Å². The van der Waals surface area contributed by atoms with Gasteiger partial charge in [0.2, 0.25) is 5.91 Å². The Labute approximate surface area is 245 Å². The fourth-order valence-corrected chi connectivity index (χ4v) is 8.44. The van der Waals surface area contributed by atoms with E-state index >= 15 is 8.78 Å². The smallest absolute Gasteiger partial charge is 0.275 e. The van der Waals surface area contributed by atoms with Crippen LogP contribution in [0.5, 0.6) is 0 Å². The summed E-state index contributed by atoms with van der Waals surface area (Å²) in [7, 11) is 0. The van der Waals surface area contributed by atoms with Crippen LogP contribution in [0.3, 0.4) is 0 Å². The first kappa shape index (κ1) is 27.7. The molecule has 1 saturated heterocycles. The lowest BCUT2D eigenvalue weighted by Gasteiger charge is -2.44. The molecule has 6 aliphatic rings. The van der Waals surface area contributed by atoms with Crippen LogP contribution in [0, 0.1) is 5.41 Å². The molecule has 1 amide bonds. The minimum absolute atomic E-state index is 0.00272. The van der Waals surface area contributed by atoms with Gasteiger partial charge < -0.3 is 10.4 Å². The Bertz CT molecular complexity index is 1460. The second-order valence-electron chi connectivity index (χ2n) is 13.4. The summed E-state index contributed by atoms with van der Waals surface area (Å²) in [5.41, 5.74) is 3.44. The van der Waals surface area contributed by atoms with Crippen LogP contribution >= 0.6 is 0 Å². The van der Waals surface area contributed by atoms with Crippen molar-refractivity contribution in [1.82, 2.24) is 10.2 Å². The maximum Gasteiger partial charge on any atom is 0.275 e. The quantitative estimate of drug-likeness (QED) is 0.367. The van der Waals surface area contributed by atoms with E-state index in [1.165, 1.54) is 39.8 Å². The molecule has 3 heterocycles. The maximum absolute atomic E-state index is 15.2. The first-order chi connectivity index (χ1) is 20.1. The van der Waals surface area contributed by atoms with Gasteiger partial charge in [0.1, 0.15) is 0 Å². The van der Waals surface area contributed by atoms with Crippen molar-refractivity contribution in [2.45, 2.75) is 119 Å². The number of nitrogens with one attached hydrogen (secondary N) is 2. The summed E-state index contributed by atoms with van der Waals surface area (Å²) in [4.78, 5) is 28.1. The number of aliphatic hydroxyl groups excluding tert-OH is 1. The van der Waals surface area contributed by atoms with Crippen molar-refractivity contribution in [2.24, 2.45) is 0 Å². The molecule has 42 heavy (non-hydrogen) atoms. The second-order valence-corrected chi connectivity index (χ2v) is 13.4. The highest BCUT2D eigenvalue weighted by Crippen LogP contribution is 2.61. The third-order valence-electron chi connectivity index (χ3n) is 11.0. The van der Waals surface area contributed by atoms with Gasteiger partial charge in [0.25, 0.3) is 5.92 Å². The van der Waals surface area contributed by atoms with Crippen molar-refractivity contribution >= 4 is 17.6 Å². The van der Waals surface area contributed by atoms with E-state index in [0.29, 0.717) is 31.2 Å². The lowest BCUT2D eigenvalue weighted by molar-refractivity contribution is -0.133. The van der Waals surface area contributed by atoms with Crippen molar-refractivity contribution < 1.29 is 23.5 Å². The molecule has 2 fully saturated rings. The van der Waals surface area contributed by atoms with Crippen molar-refractivity contribution in [1.29, 1.82) is 5.41 Å². The molecule has 8 heteroatoms. The maximum atomic E-state index is 15.2. The number of fused-ring (bicyclic) bond motifs is 9. The number of hydrogen-bond donors (Lipinski definition) is 3. The Morgan fingerprint density at radius 3 is 2.52 bits per heavy atom. The number of nitrogens with zero attached hydrogens (tertiary/aromatic N) is 1. The number of hydrogen-bond acceptors (Lipinski definition) is 4. The number of aliphatic hydroxyl groups is 1. The van der Waals surface area contributed by atoms with Gasteiger partial charge in [-0.1, -0.05) is 43.7 Å². The van der Waals surface area contributed by atoms with Crippen LogP contribution in [-0.4, -0.2) is 39.3 Å². The highest BCUT2D eigenvalue weighted by atomic mass is 19.3.